The first-order chi connectivity index (χ1) is 16.6. The molecule has 0 bridgehead atoms. The fourth-order valence-corrected chi connectivity index (χ4v) is 3.89. The first-order valence-corrected chi connectivity index (χ1v) is 10.6. The van der Waals surface area contributed by atoms with Crippen LogP contribution in [0.4, 0.5) is 19.3 Å². The summed E-state index contributed by atoms with van der Waals surface area (Å²) in [6, 6.07) is 14.6. The van der Waals surface area contributed by atoms with E-state index < -0.39 is 6.04 Å². The number of nitrogens with zero attached hydrogens (tertiary/aromatic N) is 4. The molecule has 2 aromatic heterocycles. The molecule has 0 spiro atoms. The highest BCUT2D eigenvalue weighted by molar-refractivity contribution is 5.89. The summed E-state index contributed by atoms with van der Waals surface area (Å²) in [6.07, 6.45) is 5.18. The van der Waals surface area contributed by atoms with Crippen LogP contribution in [0.3, 0.4) is 0 Å². The molecule has 1 aliphatic rings. The summed E-state index contributed by atoms with van der Waals surface area (Å²) in [5.41, 5.74) is 2.97. The van der Waals surface area contributed by atoms with Crippen molar-refractivity contribution in [3.05, 3.63) is 108 Å². The maximum absolute atomic E-state index is 13.5. The second-order valence-corrected chi connectivity index (χ2v) is 7.68. The van der Waals surface area contributed by atoms with E-state index in [1.165, 1.54) is 48.8 Å². The Bertz CT molecular complexity index is 1300. The summed E-state index contributed by atoms with van der Waals surface area (Å²) >= 11 is 0. The third-order valence-electron chi connectivity index (χ3n) is 5.47. The monoisotopic (exact) mass is 459 g/mol. The molecule has 170 valence electrons. The highest BCUT2D eigenvalue weighted by Crippen LogP contribution is 2.34. The van der Waals surface area contributed by atoms with Crippen molar-refractivity contribution in [3.63, 3.8) is 0 Å². The third kappa shape index (κ3) is 4.54. The van der Waals surface area contributed by atoms with Crippen molar-refractivity contribution in [1.29, 1.82) is 0 Å². The number of aromatic nitrogens is 3. The Balaban J connectivity index is 1.34. The number of carbonyl (C=O) groups excluding carboxylic acids is 1. The van der Waals surface area contributed by atoms with Crippen LogP contribution >= 0.6 is 0 Å². The highest BCUT2D eigenvalue weighted by atomic mass is 19.1. The van der Waals surface area contributed by atoms with Gasteiger partial charge in [-0.1, -0.05) is 18.2 Å². The van der Waals surface area contributed by atoms with Gasteiger partial charge < -0.3 is 15.0 Å². The van der Waals surface area contributed by atoms with Crippen molar-refractivity contribution in [3.8, 4) is 11.8 Å². The average Bonchev–Trinajstić information content (AvgIpc) is 2.86. The third-order valence-corrected chi connectivity index (χ3v) is 5.47. The van der Waals surface area contributed by atoms with E-state index in [0.717, 1.165) is 16.8 Å². The molecule has 4 aromatic rings. The number of benzene rings is 2. The van der Waals surface area contributed by atoms with E-state index in [0.29, 0.717) is 24.4 Å². The molecular weight excluding hydrogens is 440 g/mol. The van der Waals surface area contributed by atoms with Crippen LogP contribution < -0.4 is 10.1 Å². The molecule has 1 aliphatic heterocycles. The topological polar surface area (TPSA) is 80.2 Å². The zero-order valence-electron chi connectivity index (χ0n) is 17.9. The normalized spacial score (nSPS) is 14.9. The standard InChI is InChI=1S/C25H19F2N5O2/c26-17-5-3-16(4-6-17)23-21-2-1-12-28-22(21)11-13-32(23)25(33)31-19-14-29-24(30-15-19)34-20-9-7-18(27)8-10-20/h1-10,12,14-15,23H,11,13H2,(H,31,33)/t23-/m0/s1. The Morgan fingerprint density at radius 3 is 2.32 bits per heavy atom. The smallest absolute Gasteiger partial charge is 0.322 e. The number of nitrogens with one attached hydrogen (secondary N) is 1. The fraction of sp³-hybridized carbons (Fsp3) is 0.120. The van der Waals surface area contributed by atoms with Crippen LogP contribution in [0.15, 0.2) is 79.3 Å². The van der Waals surface area contributed by atoms with Crippen LogP contribution in [0.2, 0.25) is 0 Å². The van der Waals surface area contributed by atoms with Crippen LogP contribution in [-0.2, 0) is 6.42 Å². The molecule has 9 heteroatoms. The number of hydrogen-bond acceptors (Lipinski definition) is 5. The minimum Gasteiger partial charge on any atom is -0.424 e. The second kappa shape index (κ2) is 9.22. The van der Waals surface area contributed by atoms with Gasteiger partial charge in [0.25, 0.3) is 0 Å². The SMILES string of the molecule is O=C(Nc1cnc(Oc2ccc(F)cc2)nc1)N1CCc2ncccc2[C@@H]1c1ccc(F)cc1. The minimum atomic E-state index is -0.417. The van der Waals surface area contributed by atoms with Crippen molar-refractivity contribution >= 4 is 11.7 Å². The van der Waals surface area contributed by atoms with Gasteiger partial charge in [0.1, 0.15) is 17.4 Å². The van der Waals surface area contributed by atoms with Gasteiger partial charge in [0.05, 0.1) is 24.1 Å². The largest absolute Gasteiger partial charge is 0.424 e. The number of urea groups is 1. The van der Waals surface area contributed by atoms with Gasteiger partial charge in [-0.15, -0.1) is 0 Å². The van der Waals surface area contributed by atoms with Crippen LogP contribution in [-0.4, -0.2) is 32.4 Å². The predicted octanol–water partition coefficient (Wildman–Crippen LogP) is 5.12. The number of halogens is 2. The molecule has 5 rings (SSSR count). The molecule has 2 aromatic carbocycles. The van der Waals surface area contributed by atoms with Crippen LogP contribution in [0.25, 0.3) is 0 Å². The van der Waals surface area contributed by atoms with Gasteiger partial charge in [-0.05, 0) is 48.0 Å². The lowest BCUT2D eigenvalue weighted by atomic mass is 9.91. The summed E-state index contributed by atoms with van der Waals surface area (Å²) in [4.78, 5) is 27.6. The van der Waals surface area contributed by atoms with Gasteiger partial charge in [-0.2, -0.15) is 0 Å². The molecule has 0 unspecified atom stereocenters. The number of rotatable bonds is 4. The van der Waals surface area contributed by atoms with E-state index in [2.05, 4.69) is 20.3 Å². The molecule has 3 heterocycles. The second-order valence-electron chi connectivity index (χ2n) is 7.68. The number of anilines is 1. The van der Waals surface area contributed by atoms with Gasteiger partial charge in [-0.25, -0.2) is 23.5 Å². The van der Waals surface area contributed by atoms with Crippen LogP contribution in [0.5, 0.6) is 11.8 Å². The van der Waals surface area contributed by atoms with Crippen LogP contribution in [0.1, 0.15) is 22.9 Å². The van der Waals surface area contributed by atoms with E-state index in [-0.39, 0.29) is 23.7 Å². The first kappa shape index (κ1) is 21.4. The predicted molar refractivity (Wildman–Crippen MR) is 120 cm³/mol. The Labute approximate surface area is 194 Å². The van der Waals surface area contributed by atoms with E-state index >= 15 is 0 Å². The Morgan fingerprint density at radius 1 is 0.941 bits per heavy atom. The first-order valence-electron chi connectivity index (χ1n) is 10.6. The maximum atomic E-state index is 13.5. The molecular formula is C25H19F2N5O2. The van der Waals surface area contributed by atoms with E-state index in [1.807, 2.05) is 12.1 Å². The molecule has 1 N–H and O–H groups in total. The quantitative estimate of drug-likeness (QED) is 0.458. The molecule has 0 radical (unpaired) electrons. The van der Waals surface area contributed by atoms with Gasteiger partial charge in [0.15, 0.2) is 0 Å². The molecule has 0 aliphatic carbocycles. The number of carbonyl (C=O) groups is 1. The fourth-order valence-electron chi connectivity index (χ4n) is 3.89. The maximum Gasteiger partial charge on any atom is 0.322 e. The average molecular weight is 459 g/mol. The molecule has 0 saturated carbocycles. The number of fused-ring (bicyclic) bond motifs is 1. The summed E-state index contributed by atoms with van der Waals surface area (Å²) in [5, 5.41) is 2.81. The Hall–Kier alpha value is -4.40. The molecule has 0 saturated heterocycles. The van der Waals surface area contributed by atoms with E-state index in [1.54, 1.807) is 23.2 Å². The lowest BCUT2D eigenvalue weighted by Gasteiger charge is -2.37. The van der Waals surface area contributed by atoms with Crippen LogP contribution in [0, 0.1) is 11.6 Å². The summed E-state index contributed by atoms with van der Waals surface area (Å²) in [6.45, 7) is 0.435. The zero-order valence-corrected chi connectivity index (χ0v) is 17.9. The van der Waals surface area contributed by atoms with Crippen molar-refractivity contribution in [2.75, 3.05) is 11.9 Å². The minimum absolute atomic E-state index is 0.0618. The number of pyridine rings is 1. The lowest BCUT2D eigenvalue weighted by Crippen LogP contribution is -2.43. The number of hydrogen-bond donors (Lipinski definition) is 1. The molecule has 0 fully saturated rings. The van der Waals surface area contributed by atoms with Crippen molar-refractivity contribution in [1.82, 2.24) is 19.9 Å². The van der Waals surface area contributed by atoms with Gasteiger partial charge in [-0.3, -0.25) is 4.98 Å². The molecule has 7 nitrogen and oxygen atoms in total. The summed E-state index contributed by atoms with van der Waals surface area (Å²) in [7, 11) is 0. The van der Waals surface area contributed by atoms with Crippen molar-refractivity contribution in [2.45, 2.75) is 12.5 Å². The summed E-state index contributed by atoms with van der Waals surface area (Å²) in [5.74, 6) is -0.329. The van der Waals surface area contributed by atoms with E-state index in [9.17, 15) is 13.6 Å². The van der Waals surface area contributed by atoms with Gasteiger partial charge in [0, 0.05) is 30.4 Å². The van der Waals surface area contributed by atoms with E-state index in [4.69, 9.17) is 4.74 Å². The molecule has 1 atom stereocenters. The number of ether oxygens (including phenoxy) is 1. The van der Waals surface area contributed by atoms with Crippen molar-refractivity contribution < 1.29 is 18.3 Å². The summed E-state index contributed by atoms with van der Waals surface area (Å²) < 4.78 is 32.1. The van der Waals surface area contributed by atoms with Gasteiger partial charge >= 0.3 is 12.0 Å². The highest BCUT2D eigenvalue weighted by Gasteiger charge is 2.32. The Kier molecular flexibility index (Phi) is 5.82. The Morgan fingerprint density at radius 2 is 1.62 bits per heavy atom. The molecule has 34 heavy (non-hydrogen) atoms. The molecule has 2 amide bonds. The van der Waals surface area contributed by atoms with Gasteiger partial charge in [0.2, 0.25) is 0 Å². The zero-order chi connectivity index (χ0) is 23.5. The van der Waals surface area contributed by atoms with Crippen molar-refractivity contribution in [2.24, 2.45) is 0 Å². The lowest BCUT2D eigenvalue weighted by molar-refractivity contribution is 0.193. The number of amides is 2.